The lowest BCUT2D eigenvalue weighted by molar-refractivity contribution is 0.0530. The fraction of sp³-hybridized carbons (Fsp3) is 0.500. The molecule has 2 N–H and O–H groups in total. The van der Waals surface area contributed by atoms with Gasteiger partial charge in [-0.25, -0.2) is 9.78 Å². The molecule has 1 heterocycles. The highest BCUT2D eigenvalue weighted by Gasteiger charge is 2.15. The van der Waals surface area contributed by atoms with Gasteiger partial charge in [0.05, 0.1) is 5.69 Å². The van der Waals surface area contributed by atoms with Gasteiger partial charge in [0.1, 0.15) is 5.60 Å². The van der Waals surface area contributed by atoms with Crippen LogP contribution in [-0.4, -0.2) is 29.8 Å². The average molecular weight is 351 g/mol. The maximum atomic E-state index is 11.4. The largest absolute Gasteiger partial charge is 0.444 e. The number of nitrogens with one attached hydrogen (secondary N) is 2. The van der Waals surface area contributed by atoms with Gasteiger partial charge in [0.2, 0.25) is 0 Å². The molecule has 0 saturated heterocycles. The first-order valence-corrected chi connectivity index (χ1v) is 6.97. The van der Waals surface area contributed by atoms with E-state index >= 15 is 0 Å². The van der Waals surface area contributed by atoms with E-state index in [4.69, 9.17) is 16.3 Å². The lowest BCUT2D eigenvalue weighted by Gasteiger charge is -2.19. The molecule has 0 bridgehead atoms. The van der Waals surface area contributed by atoms with E-state index in [1.165, 1.54) is 0 Å². The summed E-state index contributed by atoms with van der Waals surface area (Å²) in [5.41, 5.74) is 0.219. The standard InChI is InChI=1S/C12H17BrClN3O2/c1-12(2,3)19-11(18)16-5-4-15-9-6-8(13)7-17-10(9)14/h6-7,15H,4-5H2,1-3H3,(H,16,18). The Kier molecular flexibility index (Phi) is 5.87. The van der Waals surface area contributed by atoms with E-state index in [1.54, 1.807) is 6.20 Å². The van der Waals surface area contributed by atoms with Crippen LogP contribution in [0.1, 0.15) is 20.8 Å². The number of amides is 1. The van der Waals surface area contributed by atoms with Crippen LogP contribution in [-0.2, 0) is 4.74 Å². The third-order valence-electron chi connectivity index (χ3n) is 1.91. The molecule has 0 radical (unpaired) electrons. The van der Waals surface area contributed by atoms with Gasteiger partial charge >= 0.3 is 6.09 Å². The number of halogens is 2. The minimum atomic E-state index is -0.491. The van der Waals surface area contributed by atoms with Crippen molar-refractivity contribution in [2.45, 2.75) is 26.4 Å². The van der Waals surface area contributed by atoms with Gasteiger partial charge in [-0.3, -0.25) is 0 Å². The van der Waals surface area contributed by atoms with Crippen LogP contribution in [0.5, 0.6) is 0 Å². The monoisotopic (exact) mass is 349 g/mol. The number of alkyl carbamates (subject to hydrolysis) is 1. The summed E-state index contributed by atoms with van der Waals surface area (Å²) in [5.74, 6) is 0. The Morgan fingerprint density at radius 1 is 1.47 bits per heavy atom. The van der Waals surface area contributed by atoms with Crippen LogP contribution < -0.4 is 10.6 Å². The summed E-state index contributed by atoms with van der Waals surface area (Å²) < 4.78 is 5.94. The van der Waals surface area contributed by atoms with E-state index in [9.17, 15) is 4.79 Å². The van der Waals surface area contributed by atoms with Crippen molar-refractivity contribution in [3.05, 3.63) is 21.9 Å². The van der Waals surface area contributed by atoms with Crippen LogP contribution in [0.3, 0.4) is 0 Å². The predicted octanol–water partition coefficient (Wildman–Crippen LogP) is 3.43. The zero-order chi connectivity index (χ0) is 14.5. The second kappa shape index (κ2) is 6.96. The minimum Gasteiger partial charge on any atom is -0.444 e. The topological polar surface area (TPSA) is 63.2 Å². The zero-order valence-corrected chi connectivity index (χ0v) is 13.4. The number of pyridine rings is 1. The van der Waals surface area contributed by atoms with Crippen LogP contribution >= 0.6 is 27.5 Å². The summed E-state index contributed by atoms with van der Waals surface area (Å²) in [4.78, 5) is 15.4. The van der Waals surface area contributed by atoms with Gasteiger partial charge in [-0.05, 0) is 42.8 Å². The van der Waals surface area contributed by atoms with Crippen molar-refractivity contribution < 1.29 is 9.53 Å². The SMILES string of the molecule is CC(C)(C)OC(=O)NCCNc1cc(Br)cnc1Cl. The number of carbonyl (C=O) groups excluding carboxylic acids is 1. The Balaban J connectivity index is 2.31. The maximum absolute atomic E-state index is 11.4. The van der Waals surface area contributed by atoms with Crippen molar-refractivity contribution in [3.63, 3.8) is 0 Å². The van der Waals surface area contributed by atoms with Gasteiger partial charge in [-0.15, -0.1) is 0 Å². The van der Waals surface area contributed by atoms with Crippen LogP contribution in [0.25, 0.3) is 0 Å². The third kappa shape index (κ3) is 6.63. The minimum absolute atomic E-state index is 0.389. The fourth-order valence-corrected chi connectivity index (χ4v) is 1.72. The van der Waals surface area contributed by atoms with E-state index in [2.05, 4.69) is 31.5 Å². The van der Waals surface area contributed by atoms with E-state index in [-0.39, 0.29) is 0 Å². The first kappa shape index (κ1) is 16.0. The first-order chi connectivity index (χ1) is 8.78. The van der Waals surface area contributed by atoms with E-state index in [0.717, 1.165) is 4.47 Å². The fourth-order valence-electron chi connectivity index (χ4n) is 1.22. The molecule has 0 saturated carbocycles. The number of hydrogen-bond donors (Lipinski definition) is 2. The molecule has 1 amide bonds. The maximum Gasteiger partial charge on any atom is 0.407 e. The summed E-state index contributed by atoms with van der Waals surface area (Å²) in [7, 11) is 0. The van der Waals surface area contributed by atoms with Crippen molar-refractivity contribution in [1.82, 2.24) is 10.3 Å². The number of carbonyl (C=O) groups is 1. The predicted molar refractivity (Wildman–Crippen MR) is 79.7 cm³/mol. The molecule has 19 heavy (non-hydrogen) atoms. The highest BCUT2D eigenvalue weighted by Crippen LogP contribution is 2.22. The molecule has 7 heteroatoms. The molecule has 1 rings (SSSR count). The Labute approximate surface area is 126 Å². The van der Waals surface area contributed by atoms with Crippen LogP contribution in [0.2, 0.25) is 5.15 Å². The number of nitrogens with zero attached hydrogens (tertiary/aromatic N) is 1. The molecule has 0 atom stereocenters. The highest BCUT2D eigenvalue weighted by atomic mass is 79.9. The number of hydrogen-bond acceptors (Lipinski definition) is 4. The second-order valence-electron chi connectivity index (χ2n) is 4.85. The molecule has 5 nitrogen and oxygen atoms in total. The van der Waals surface area contributed by atoms with E-state index in [1.807, 2.05) is 26.8 Å². The van der Waals surface area contributed by atoms with E-state index < -0.39 is 11.7 Å². The summed E-state index contributed by atoms with van der Waals surface area (Å²) in [6, 6.07) is 1.82. The molecule has 0 aliphatic heterocycles. The Morgan fingerprint density at radius 2 is 2.16 bits per heavy atom. The second-order valence-corrected chi connectivity index (χ2v) is 6.12. The van der Waals surface area contributed by atoms with Crippen LogP contribution in [0, 0.1) is 0 Å². The van der Waals surface area contributed by atoms with E-state index in [0.29, 0.717) is 23.9 Å². The Bertz CT molecular complexity index is 449. The quantitative estimate of drug-likeness (QED) is 0.645. The normalized spacial score (nSPS) is 11.0. The molecule has 0 spiro atoms. The van der Waals surface area contributed by atoms with Gasteiger partial charge in [-0.1, -0.05) is 11.6 Å². The zero-order valence-electron chi connectivity index (χ0n) is 11.1. The Hall–Kier alpha value is -1.01. The van der Waals surface area contributed by atoms with Crippen molar-refractivity contribution in [2.24, 2.45) is 0 Å². The molecule has 0 aromatic carbocycles. The van der Waals surface area contributed by atoms with Crippen LogP contribution in [0.15, 0.2) is 16.7 Å². The van der Waals surface area contributed by atoms with Gasteiger partial charge < -0.3 is 15.4 Å². The van der Waals surface area contributed by atoms with Gasteiger partial charge in [-0.2, -0.15) is 0 Å². The summed E-state index contributed by atoms with van der Waals surface area (Å²) in [6.07, 6.45) is 1.18. The molecule has 0 aliphatic rings. The number of anilines is 1. The third-order valence-corrected chi connectivity index (χ3v) is 2.65. The van der Waals surface area contributed by atoms with Crippen molar-refractivity contribution in [3.8, 4) is 0 Å². The summed E-state index contributed by atoms with van der Waals surface area (Å²) in [5, 5.41) is 6.11. The molecule has 1 aromatic heterocycles. The number of rotatable bonds is 4. The van der Waals surface area contributed by atoms with Crippen molar-refractivity contribution in [1.29, 1.82) is 0 Å². The van der Waals surface area contributed by atoms with Crippen molar-refractivity contribution in [2.75, 3.05) is 18.4 Å². The molecule has 0 unspecified atom stereocenters. The van der Waals surface area contributed by atoms with Gasteiger partial charge in [0.25, 0.3) is 0 Å². The molecular weight excluding hydrogens is 334 g/mol. The van der Waals surface area contributed by atoms with Crippen LogP contribution in [0.4, 0.5) is 10.5 Å². The molecule has 0 fully saturated rings. The number of ether oxygens (including phenoxy) is 1. The summed E-state index contributed by atoms with van der Waals surface area (Å²) in [6.45, 7) is 6.40. The summed E-state index contributed by atoms with van der Waals surface area (Å²) >= 11 is 9.23. The first-order valence-electron chi connectivity index (χ1n) is 5.80. The molecule has 0 aliphatic carbocycles. The smallest absolute Gasteiger partial charge is 0.407 e. The molecular formula is C12H17BrClN3O2. The average Bonchev–Trinajstić information content (AvgIpc) is 2.26. The Morgan fingerprint density at radius 3 is 2.79 bits per heavy atom. The van der Waals surface area contributed by atoms with Crippen molar-refractivity contribution >= 4 is 39.3 Å². The lowest BCUT2D eigenvalue weighted by atomic mass is 10.2. The highest BCUT2D eigenvalue weighted by molar-refractivity contribution is 9.10. The van der Waals surface area contributed by atoms with Gasteiger partial charge in [0, 0.05) is 23.8 Å². The molecule has 1 aromatic rings. The number of aromatic nitrogens is 1. The van der Waals surface area contributed by atoms with Gasteiger partial charge in [0.15, 0.2) is 5.15 Å². The lowest BCUT2D eigenvalue weighted by Crippen LogP contribution is -2.35. The molecule has 106 valence electrons.